The van der Waals surface area contributed by atoms with E-state index in [2.05, 4.69) is 5.32 Å². The highest BCUT2D eigenvalue weighted by atomic mass is 35.5. The number of hydrogen-bond acceptors (Lipinski definition) is 2. The van der Waals surface area contributed by atoms with Gasteiger partial charge in [0.1, 0.15) is 17.4 Å². The molecule has 0 radical (unpaired) electrons. The molecule has 0 heterocycles. The summed E-state index contributed by atoms with van der Waals surface area (Å²) in [5.74, 6) is -1.36. The molecule has 0 saturated heterocycles. The molecule has 6 heteroatoms. The molecule has 0 fully saturated rings. The van der Waals surface area contributed by atoms with Gasteiger partial charge in [0.05, 0.1) is 17.8 Å². The first-order valence-corrected chi connectivity index (χ1v) is 6.95. The summed E-state index contributed by atoms with van der Waals surface area (Å²) in [7, 11) is 1.51. The summed E-state index contributed by atoms with van der Waals surface area (Å²) in [6.07, 6.45) is 0.494. The number of benzene rings is 2. The lowest BCUT2D eigenvalue weighted by molar-refractivity contribution is -0.116. The summed E-state index contributed by atoms with van der Waals surface area (Å²) in [6.45, 7) is 0. The zero-order valence-electron chi connectivity index (χ0n) is 11.8. The zero-order valence-corrected chi connectivity index (χ0v) is 12.6. The van der Waals surface area contributed by atoms with Gasteiger partial charge < -0.3 is 10.1 Å². The number of aryl methyl sites for hydroxylation is 1. The molecule has 3 nitrogen and oxygen atoms in total. The van der Waals surface area contributed by atoms with Crippen molar-refractivity contribution in [2.75, 3.05) is 12.4 Å². The molecule has 2 rings (SSSR count). The average molecular weight is 326 g/mol. The second kappa shape index (κ2) is 7.22. The van der Waals surface area contributed by atoms with Crippen molar-refractivity contribution in [2.24, 2.45) is 0 Å². The maximum atomic E-state index is 13.4. The molecule has 1 N–H and O–H groups in total. The van der Waals surface area contributed by atoms with Gasteiger partial charge >= 0.3 is 0 Å². The van der Waals surface area contributed by atoms with E-state index in [0.29, 0.717) is 23.3 Å². The number of nitrogens with one attached hydrogen (secondary N) is 1. The van der Waals surface area contributed by atoms with Gasteiger partial charge in [-0.1, -0.05) is 23.7 Å². The number of halogens is 3. The van der Waals surface area contributed by atoms with Crippen LogP contribution in [0.2, 0.25) is 5.02 Å². The van der Waals surface area contributed by atoms with Gasteiger partial charge in [-0.15, -0.1) is 0 Å². The monoisotopic (exact) mass is 325 g/mol. The second-order valence-corrected chi connectivity index (χ2v) is 4.98. The molecule has 0 aliphatic heterocycles. The molecule has 0 bridgehead atoms. The van der Waals surface area contributed by atoms with E-state index in [1.54, 1.807) is 18.2 Å². The van der Waals surface area contributed by atoms with Crippen LogP contribution in [-0.2, 0) is 11.2 Å². The summed E-state index contributed by atoms with van der Waals surface area (Å²) in [5.41, 5.74) is 0.707. The van der Waals surface area contributed by atoms with Crippen molar-refractivity contribution in [3.05, 3.63) is 58.6 Å². The van der Waals surface area contributed by atoms with Gasteiger partial charge in [0.15, 0.2) is 0 Å². The minimum Gasteiger partial charge on any atom is -0.495 e. The fourth-order valence-electron chi connectivity index (χ4n) is 1.96. The first kappa shape index (κ1) is 16.2. The van der Waals surface area contributed by atoms with Crippen LogP contribution < -0.4 is 10.1 Å². The zero-order chi connectivity index (χ0) is 16.1. The SMILES string of the molecule is COc1cccc(CCC(=O)Nc2ccc(F)cc2F)c1Cl. The molecule has 0 aliphatic carbocycles. The van der Waals surface area contributed by atoms with Crippen LogP contribution in [0.15, 0.2) is 36.4 Å². The normalized spacial score (nSPS) is 10.4. The first-order chi connectivity index (χ1) is 10.5. The van der Waals surface area contributed by atoms with Crippen molar-refractivity contribution in [3.8, 4) is 5.75 Å². The van der Waals surface area contributed by atoms with E-state index in [4.69, 9.17) is 16.3 Å². The number of methoxy groups -OCH3 is 1. The number of anilines is 1. The van der Waals surface area contributed by atoms with Crippen LogP contribution in [0.5, 0.6) is 5.75 Å². The van der Waals surface area contributed by atoms with Crippen LogP contribution in [-0.4, -0.2) is 13.0 Å². The highest BCUT2D eigenvalue weighted by molar-refractivity contribution is 6.32. The van der Waals surface area contributed by atoms with Crippen molar-refractivity contribution in [1.29, 1.82) is 0 Å². The highest BCUT2D eigenvalue weighted by Crippen LogP contribution is 2.28. The maximum absolute atomic E-state index is 13.4. The largest absolute Gasteiger partial charge is 0.495 e. The molecule has 0 saturated carbocycles. The molecule has 2 aromatic carbocycles. The molecular weight excluding hydrogens is 312 g/mol. The van der Waals surface area contributed by atoms with Gasteiger partial charge in [-0.25, -0.2) is 8.78 Å². The van der Waals surface area contributed by atoms with Crippen LogP contribution in [0.3, 0.4) is 0 Å². The molecule has 2 aromatic rings. The predicted molar refractivity (Wildman–Crippen MR) is 81.3 cm³/mol. The summed E-state index contributed by atoms with van der Waals surface area (Å²) in [6, 6.07) is 8.27. The Hall–Kier alpha value is -2.14. The molecule has 0 aliphatic rings. The van der Waals surface area contributed by atoms with Crippen LogP contribution >= 0.6 is 11.6 Å². The van der Waals surface area contributed by atoms with Gasteiger partial charge in [0.25, 0.3) is 0 Å². The van der Waals surface area contributed by atoms with Gasteiger partial charge in [0.2, 0.25) is 5.91 Å². The maximum Gasteiger partial charge on any atom is 0.224 e. The van der Waals surface area contributed by atoms with Gasteiger partial charge in [0, 0.05) is 12.5 Å². The molecule has 116 valence electrons. The first-order valence-electron chi connectivity index (χ1n) is 6.57. The predicted octanol–water partition coefficient (Wildman–Crippen LogP) is 4.20. The van der Waals surface area contributed by atoms with Crippen molar-refractivity contribution >= 4 is 23.2 Å². The lowest BCUT2D eigenvalue weighted by atomic mass is 10.1. The summed E-state index contributed by atoms with van der Waals surface area (Å²) >= 11 is 6.14. The minimum absolute atomic E-state index is 0.0526. The Bertz CT molecular complexity index is 692. The van der Waals surface area contributed by atoms with E-state index >= 15 is 0 Å². The number of amides is 1. The van der Waals surface area contributed by atoms with Crippen molar-refractivity contribution < 1.29 is 18.3 Å². The van der Waals surface area contributed by atoms with Crippen LogP contribution in [0, 0.1) is 11.6 Å². The third kappa shape index (κ3) is 3.95. The Morgan fingerprint density at radius 1 is 1.27 bits per heavy atom. The standard InChI is InChI=1S/C16H14ClF2NO2/c1-22-14-4-2-3-10(16(14)17)5-8-15(21)20-13-7-6-11(18)9-12(13)19/h2-4,6-7,9H,5,8H2,1H3,(H,20,21). The lowest BCUT2D eigenvalue weighted by Gasteiger charge is -2.09. The summed E-state index contributed by atoms with van der Waals surface area (Å²) in [4.78, 5) is 11.8. The number of rotatable bonds is 5. The van der Waals surface area contributed by atoms with E-state index in [-0.39, 0.29) is 18.0 Å². The highest BCUT2D eigenvalue weighted by Gasteiger charge is 2.11. The van der Waals surface area contributed by atoms with E-state index < -0.39 is 11.6 Å². The van der Waals surface area contributed by atoms with Crippen molar-refractivity contribution in [1.82, 2.24) is 0 Å². The molecule has 1 amide bonds. The van der Waals surface area contributed by atoms with Gasteiger partial charge in [-0.2, -0.15) is 0 Å². The average Bonchev–Trinajstić information content (AvgIpc) is 2.49. The van der Waals surface area contributed by atoms with Gasteiger partial charge in [-0.3, -0.25) is 4.79 Å². The third-order valence-corrected chi connectivity index (χ3v) is 3.52. The Labute approximate surface area is 131 Å². The molecule has 0 atom stereocenters. The minimum atomic E-state index is -0.812. The van der Waals surface area contributed by atoms with Crippen LogP contribution in [0.25, 0.3) is 0 Å². The van der Waals surface area contributed by atoms with Crippen LogP contribution in [0.1, 0.15) is 12.0 Å². The molecule has 0 spiro atoms. The topological polar surface area (TPSA) is 38.3 Å². The molecule has 0 unspecified atom stereocenters. The number of ether oxygens (including phenoxy) is 1. The van der Waals surface area contributed by atoms with Gasteiger partial charge in [-0.05, 0) is 30.2 Å². The van der Waals surface area contributed by atoms with Crippen molar-refractivity contribution in [3.63, 3.8) is 0 Å². The second-order valence-electron chi connectivity index (χ2n) is 4.61. The van der Waals surface area contributed by atoms with Crippen LogP contribution in [0.4, 0.5) is 14.5 Å². The lowest BCUT2D eigenvalue weighted by Crippen LogP contribution is -2.13. The van der Waals surface area contributed by atoms with E-state index in [9.17, 15) is 13.6 Å². The summed E-state index contributed by atoms with van der Waals surface area (Å²) < 4.78 is 31.3. The van der Waals surface area contributed by atoms with E-state index in [1.807, 2.05) is 0 Å². The third-order valence-electron chi connectivity index (χ3n) is 3.09. The van der Waals surface area contributed by atoms with Crippen molar-refractivity contribution in [2.45, 2.75) is 12.8 Å². The Morgan fingerprint density at radius 3 is 2.73 bits per heavy atom. The van der Waals surface area contributed by atoms with E-state index in [0.717, 1.165) is 11.6 Å². The molecule has 22 heavy (non-hydrogen) atoms. The fraction of sp³-hybridized carbons (Fsp3) is 0.188. The summed E-state index contributed by atoms with van der Waals surface area (Å²) in [5, 5.41) is 2.85. The number of carbonyl (C=O) groups excluding carboxylic acids is 1. The number of carbonyl (C=O) groups is 1. The smallest absolute Gasteiger partial charge is 0.224 e. The Morgan fingerprint density at radius 2 is 2.05 bits per heavy atom. The Kier molecular flexibility index (Phi) is 5.33. The molecule has 0 aromatic heterocycles. The number of hydrogen-bond donors (Lipinski definition) is 1. The molecular formula is C16H14ClF2NO2. The Balaban J connectivity index is 1.98. The van der Waals surface area contributed by atoms with E-state index in [1.165, 1.54) is 13.2 Å². The quantitative estimate of drug-likeness (QED) is 0.894. The fourth-order valence-corrected chi connectivity index (χ4v) is 2.26.